The van der Waals surface area contributed by atoms with Gasteiger partial charge in [0.25, 0.3) is 0 Å². The van der Waals surface area contributed by atoms with Crippen LogP contribution in [0.2, 0.25) is 0 Å². The molecule has 0 heterocycles. The number of hydrogen-bond acceptors (Lipinski definition) is 0. The number of unbranched alkanes of at least 4 members (excludes halogenated alkanes) is 6. The van der Waals surface area contributed by atoms with Crippen LogP contribution in [0.3, 0.4) is 0 Å². The van der Waals surface area contributed by atoms with Crippen LogP contribution in [0.5, 0.6) is 0 Å². The molecule has 0 rings (SSSR count). The van der Waals surface area contributed by atoms with E-state index < -0.39 is 0 Å². The lowest BCUT2D eigenvalue weighted by molar-refractivity contribution is 0.392. The van der Waals surface area contributed by atoms with Crippen molar-refractivity contribution in [1.29, 1.82) is 0 Å². The van der Waals surface area contributed by atoms with E-state index in [0.717, 1.165) is 12.8 Å². The zero-order valence-corrected chi connectivity index (χ0v) is 8.36. The lowest BCUT2D eigenvalue weighted by Crippen LogP contribution is -1.77. The minimum atomic E-state index is 0.876. The molecule has 1 heteroatoms. The van der Waals surface area contributed by atoms with Gasteiger partial charge in [0.15, 0.2) is 6.11 Å². The number of hydrogen-bond donors (Lipinski definition) is 0. The third-order valence-corrected chi connectivity index (χ3v) is 1.86. The van der Waals surface area contributed by atoms with E-state index in [9.17, 15) is 5.11 Å². The molecule has 0 aliphatic heterocycles. The molecular weight excluding hydrogens is 160 g/mol. The molecule has 0 amide bonds. The molecule has 0 atom stereocenters. The quantitative estimate of drug-likeness (QED) is 0.439. The van der Waals surface area contributed by atoms with Gasteiger partial charge in [0.2, 0.25) is 0 Å². The molecule has 13 heavy (non-hydrogen) atoms. The van der Waals surface area contributed by atoms with Crippen molar-refractivity contribution in [3.8, 4) is 23.9 Å². The molecule has 0 spiro atoms. The summed E-state index contributed by atoms with van der Waals surface area (Å²) in [6, 6.07) is 0. The summed E-state index contributed by atoms with van der Waals surface area (Å²) in [5, 5.41) is 9.67. The van der Waals surface area contributed by atoms with Crippen LogP contribution in [0.15, 0.2) is 0 Å². The predicted octanol–water partition coefficient (Wildman–Crippen LogP) is 3.13. The largest absolute Gasteiger partial charge is 0.223 e. The van der Waals surface area contributed by atoms with Gasteiger partial charge in [0.05, 0.1) is 0 Å². The predicted molar refractivity (Wildman–Crippen MR) is 54.2 cm³/mol. The first-order chi connectivity index (χ1) is 6.41. The summed E-state index contributed by atoms with van der Waals surface area (Å²) < 4.78 is 0. The van der Waals surface area contributed by atoms with Gasteiger partial charge in [-0.05, 0) is 12.3 Å². The van der Waals surface area contributed by atoms with Crippen LogP contribution in [0.4, 0.5) is 0 Å². The highest BCUT2D eigenvalue weighted by atomic mass is 16.2. The van der Waals surface area contributed by atoms with Crippen LogP contribution in [0.25, 0.3) is 0 Å². The van der Waals surface area contributed by atoms with E-state index in [-0.39, 0.29) is 0 Å². The molecule has 0 saturated heterocycles. The fourth-order valence-electron chi connectivity index (χ4n) is 1.13. The zero-order valence-electron chi connectivity index (χ0n) is 8.36. The van der Waals surface area contributed by atoms with Crippen molar-refractivity contribution in [2.24, 2.45) is 0 Å². The average Bonchev–Trinajstić information content (AvgIpc) is 2.16. The van der Waals surface area contributed by atoms with Gasteiger partial charge in [-0.2, -0.15) is 0 Å². The first kappa shape index (κ1) is 11.9. The first-order valence-electron chi connectivity index (χ1n) is 5.01. The van der Waals surface area contributed by atoms with Crippen molar-refractivity contribution in [2.45, 2.75) is 51.9 Å². The Kier molecular flexibility index (Phi) is 10.0. The number of rotatable bonds is 6. The smallest absolute Gasteiger partial charge is 0.186 e. The van der Waals surface area contributed by atoms with E-state index in [1.807, 2.05) is 0 Å². The Bertz CT molecular complexity index is 209. The summed E-state index contributed by atoms with van der Waals surface area (Å²) in [6.45, 7) is 2.22. The summed E-state index contributed by atoms with van der Waals surface area (Å²) in [5.74, 6) is 7.56. The second-order valence-electron chi connectivity index (χ2n) is 3.05. The summed E-state index contributed by atoms with van der Waals surface area (Å²) in [5.41, 5.74) is 0. The van der Waals surface area contributed by atoms with Crippen LogP contribution in [-0.2, 0) is 5.11 Å². The van der Waals surface area contributed by atoms with Crippen LogP contribution in [0, 0.1) is 23.9 Å². The standard InChI is InChI=1S/C12H17O/c1-2-3-4-5-6-7-8-9-10-11-12-13/h2-8H2,1H3. The highest BCUT2D eigenvalue weighted by Crippen LogP contribution is 2.05. The minimum Gasteiger partial charge on any atom is -0.223 e. The highest BCUT2D eigenvalue weighted by Gasteiger charge is 1.87. The first-order valence-corrected chi connectivity index (χ1v) is 5.01. The van der Waals surface area contributed by atoms with E-state index in [4.69, 9.17) is 0 Å². The Morgan fingerprint density at radius 3 is 2.31 bits per heavy atom. The van der Waals surface area contributed by atoms with Crippen LogP contribution >= 0.6 is 0 Å². The maximum Gasteiger partial charge on any atom is 0.186 e. The van der Waals surface area contributed by atoms with Gasteiger partial charge in [-0.15, -0.1) is 0 Å². The molecule has 0 unspecified atom stereocenters. The van der Waals surface area contributed by atoms with Crippen molar-refractivity contribution in [3.05, 3.63) is 0 Å². The average molecular weight is 177 g/mol. The molecule has 0 aromatic rings. The topological polar surface area (TPSA) is 19.9 Å². The van der Waals surface area contributed by atoms with E-state index in [2.05, 4.69) is 24.7 Å². The third-order valence-electron chi connectivity index (χ3n) is 1.86. The van der Waals surface area contributed by atoms with Crippen LogP contribution < -0.4 is 0 Å². The summed E-state index contributed by atoms with van der Waals surface area (Å²) in [7, 11) is 0. The van der Waals surface area contributed by atoms with Gasteiger partial charge >= 0.3 is 0 Å². The maximum atomic E-state index is 9.67. The second-order valence-corrected chi connectivity index (χ2v) is 3.05. The van der Waals surface area contributed by atoms with Gasteiger partial charge in [-0.1, -0.05) is 44.9 Å². The lowest BCUT2D eigenvalue weighted by Gasteiger charge is -1.96. The Hall–Kier alpha value is -1.08. The molecule has 0 fully saturated rings. The Morgan fingerprint density at radius 2 is 1.62 bits per heavy atom. The molecule has 0 aliphatic rings. The minimum absolute atomic E-state index is 0.876. The normalized spacial score (nSPS) is 8.08. The fraction of sp³-hybridized carbons (Fsp3) is 0.667. The van der Waals surface area contributed by atoms with Crippen LogP contribution in [-0.4, -0.2) is 0 Å². The van der Waals surface area contributed by atoms with E-state index in [1.54, 1.807) is 0 Å². The molecule has 0 bridgehead atoms. The summed E-state index contributed by atoms with van der Waals surface area (Å²) in [6.07, 6.45) is 10.1. The van der Waals surface area contributed by atoms with E-state index in [0.29, 0.717) is 0 Å². The van der Waals surface area contributed by atoms with Crippen molar-refractivity contribution < 1.29 is 5.11 Å². The van der Waals surface area contributed by atoms with E-state index in [1.165, 1.54) is 38.2 Å². The van der Waals surface area contributed by atoms with Crippen molar-refractivity contribution in [3.63, 3.8) is 0 Å². The van der Waals surface area contributed by atoms with Crippen molar-refractivity contribution >= 4 is 0 Å². The molecule has 1 nitrogen and oxygen atoms in total. The second kappa shape index (κ2) is 10.9. The van der Waals surface area contributed by atoms with E-state index >= 15 is 0 Å². The molecule has 0 saturated carbocycles. The van der Waals surface area contributed by atoms with Crippen molar-refractivity contribution in [2.75, 3.05) is 0 Å². The zero-order chi connectivity index (χ0) is 9.78. The molecule has 0 N–H and O–H groups in total. The van der Waals surface area contributed by atoms with Gasteiger partial charge in [0.1, 0.15) is 0 Å². The molecule has 0 aliphatic carbocycles. The Labute approximate surface area is 81.5 Å². The summed E-state index contributed by atoms with van der Waals surface area (Å²) in [4.78, 5) is 0. The molecular formula is C12H17O. The molecule has 71 valence electrons. The SMILES string of the molecule is CCCCCCCCC#CC#C[O]. The molecule has 0 aromatic carbocycles. The fourth-order valence-corrected chi connectivity index (χ4v) is 1.13. The third kappa shape index (κ3) is 10.9. The Balaban J connectivity index is 3.08. The van der Waals surface area contributed by atoms with Crippen LogP contribution in [0.1, 0.15) is 51.9 Å². The highest BCUT2D eigenvalue weighted by molar-refractivity contribution is 5.23. The van der Waals surface area contributed by atoms with Gasteiger partial charge in [-0.3, -0.25) is 0 Å². The molecule has 0 aromatic heterocycles. The van der Waals surface area contributed by atoms with Gasteiger partial charge < -0.3 is 0 Å². The lowest BCUT2D eigenvalue weighted by atomic mass is 10.1. The van der Waals surface area contributed by atoms with Gasteiger partial charge in [0, 0.05) is 12.3 Å². The molecule has 1 radical (unpaired) electrons. The van der Waals surface area contributed by atoms with Crippen molar-refractivity contribution in [1.82, 2.24) is 0 Å². The monoisotopic (exact) mass is 177 g/mol. The summed E-state index contributed by atoms with van der Waals surface area (Å²) >= 11 is 0. The Morgan fingerprint density at radius 1 is 0.923 bits per heavy atom. The van der Waals surface area contributed by atoms with Gasteiger partial charge in [-0.25, -0.2) is 5.11 Å². The maximum absolute atomic E-state index is 9.67.